The van der Waals surface area contributed by atoms with Crippen molar-refractivity contribution in [2.45, 2.75) is 19.1 Å². The third-order valence-electron chi connectivity index (χ3n) is 1.78. The molecule has 0 atom stereocenters. The lowest BCUT2D eigenvalue weighted by molar-refractivity contribution is 0.280. The van der Waals surface area contributed by atoms with Gasteiger partial charge in [-0.1, -0.05) is 12.1 Å². The second-order valence-electron chi connectivity index (χ2n) is 2.86. The van der Waals surface area contributed by atoms with Gasteiger partial charge in [-0.05, 0) is 46.7 Å². The van der Waals surface area contributed by atoms with Crippen LogP contribution in [-0.2, 0) is 6.61 Å². The molecule has 0 bridgehead atoms. The highest BCUT2D eigenvalue weighted by atomic mass is 127. The quantitative estimate of drug-likeness (QED) is 0.512. The Morgan fingerprint density at radius 2 is 2.21 bits per heavy atom. The molecule has 14 heavy (non-hydrogen) atoms. The van der Waals surface area contributed by atoms with Gasteiger partial charge in [0.1, 0.15) is 5.75 Å². The predicted molar refractivity (Wildman–Crippen MR) is 65.8 cm³/mol. The van der Waals surface area contributed by atoms with Crippen LogP contribution < -0.4 is 4.74 Å². The zero-order valence-corrected chi connectivity index (χ0v) is 11.0. The van der Waals surface area contributed by atoms with E-state index in [9.17, 15) is 0 Å². The summed E-state index contributed by atoms with van der Waals surface area (Å²) in [5.74, 6) is 0.867. The number of benzene rings is 1. The van der Waals surface area contributed by atoms with E-state index in [-0.39, 0.29) is 6.61 Å². The van der Waals surface area contributed by atoms with E-state index in [1.54, 1.807) is 0 Å². The summed E-state index contributed by atoms with van der Waals surface area (Å²) in [6.45, 7) is 0.803. The monoisotopic (exact) mass is 319 g/mol. The van der Waals surface area contributed by atoms with Crippen molar-refractivity contribution in [1.29, 1.82) is 0 Å². The highest BCUT2D eigenvalue weighted by Gasteiger charge is 2.00. The van der Waals surface area contributed by atoms with E-state index in [1.165, 1.54) is 0 Å². The Morgan fingerprint density at radius 1 is 1.43 bits per heavy atom. The normalized spacial score (nSPS) is 10.2. The summed E-state index contributed by atoms with van der Waals surface area (Å²) >= 11 is 2.20. The van der Waals surface area contributed by atoms with Gasteiger partial charge in [-0.2, -0.15) is 0 Å². The first-order valence-electron chi connectivity index (χ1n) is 4.44. The lowest BCUT2D eigenvalue weighted by atomic mass is 10.2. The number of rotatable bonds is 5. The Morgan fingerprint density at radius 3 is 2.79 bits per heavy atom. The van der Waals surface area contributed by atoms with Crippen LogP contribution in [0.2, 0.25) is 6.04 Å². The number of ether oxygens (including phenoxy) is 1. The van der Waals surface area contributed by atoms with Crippen molar-refractivity contribution in [3.63, 3.8) is 0 Å². The molecule has 0 aliphatic rings. The average molecular weight is 319 g/mol. The van der Waals surface area contributed by atoms with Crippen LogP contribution in [0.1, 0.15) is 12.0 Å². The highest BCUT2D eigenvalue weighted by Crippen LogP contribution is 2.19. The van der Waals surface area contributed by atoms with Crippen LogP contribution in [0.4, 0.5) is 0 Å². The lowest BCUT2D eigenvalue weighted by Crippen LogP contribution is -1.98. The summed E-state index contributed by atoms with van der Waals surface area (Å²) in [6.07, 6.45) is 0.995. The number of hydrogen-bond acceptors (Lipinski definition) is 2. The predicted octanol–water partition coefficient (Wildman–Crippen LogP) is 2.14. The molecular weight excluding hydrogens is 307 g/mol. The first kappa shape index (κ1) is 12.0. The molecule has 2 nitrogen and oxygen atoms in total. The van der Waals surface area contributed by atoms with Crippen molar-refractivity contribution in [2.24, 2.45) is 0 Å². The molecule has 3 radical (unpaired) electrons. The second kappa shape index (κ2) is 6.42. The van der Waals surface area contributed by atoms with E-state index in [2.05, 4.69) is 32.8 Å². The van der Waals surface area contributed by atoms with E-state index in [0.29, 0.717) is 0 Å². The van der Waals surface area contributed by atoms with Crippen molar-refractivity contribution in [2.75, 3.05) is 6.61 Å². The SMILES string of the molecule is OCc1ccc(OCCC[Si])cc1I. The molecule has 0 saturated carbocycles. The maximum Gasteiger partial charge on any atom is 0.120 e. The summed E-state index contributed by atoms with van der Waals surface area (Å²) in [5, 5.41) is 8.97. The van der Waals surface area contributed by atoms with E-state index in [1.807, 2.05) is 18.2 Å². The first-order chi connectivity index (χ1) is 6.77. The highest BCUT2D eigenvalue weighted by molar-refractivity contribution is 14.1. The summed E-state index contributed by atoms with van der Waals surface area (Å²) < 4.78 is 6.55. The van der Waals surface area contributed by atoms with Gasteiger partial charge in [-0.15, -0.1) is 0 Å². The summed E-state index contributed by atoms with van der Waals surface area (Å²) in [6, 6.07) is 6.68. The van der Waals surface area contributed by atoms with Crippen LogP contribution in [0.5, 0.6) is 5.75 Å². The molecule has 4 heteroatoms. The molecular formula is C10H12IO2Si. The van der Waals surface area contributed by atoms with Gasteiger partial charge in [-0.25, -0.2) is 0 Å². The zero-order chi connectivity index (χ0) is 10.4. The van der Waals surface area contributed by atoms with Gasteiger partial charge < -0.3 is 9.84 Å². The molecule has 1 aromatic rings. The second-order valence-corrected chi connectivity index (χ2v) is 4.53. The molecule has 75 valence electrons. The fourth-order valence-electron chi connectivity index (χ4n) is 1.01. The summed E-state index contributed by atoms with van der Waals surface area (Å²) in [7, 11) is 3.39. The topological polar surface area (TPSA) is 29.5 Å². The van der Waals surface area contributed by atoms with Crippen LogP contribution >= 0.6 is 22.6 Å². The number of aliphatic hydroxyl groups excluding tert-OH is 1. The largest absolute Gasteiger partial charge is 0.494 e. The van der Waals surface area contributed by atoms with Gasteiger partial charge >= 0.3 is 0 Å². The van der Waals surface area contributed by atoms with Crippen molar-refractivity contribution in [3.05, 3.63) is 27.3 Å². The minimum absolute atomic E-state index is 0.0830. The smallest absolute Gasteiger partial charge is 0.120 e. The van der Waals surface area contributed by atoms with Gasteiger partial charge in [0.05, 0.1) is 13.2 Å². The molecule has 0 aliphatic heterocycles. The molecule has 0 aliphatic carbocycles. The molecule has 1 aromatic carbocycles. The van der Waals surface area contributed by atoms with E-state index in [0.717, 1.165) is 34.0 Å². The molecule has 0 aromatic heterocycles. The van der Waals surface area contributed by atoms with Crippen LogP contribution in [0, 0.1) is 3.57 Å². The van der Waals surface area contributed by atoms with E-state index >= 15 is 0 Å². The van der Waals surface area contributed by atoms with E-state index < -0.39 is 0 Å². The van der Waals surface area contributed by atoms with Crippen molar-refractivity contribution >= 4 is 32.8 Å². The average Bonchev–Trinajstić information content (AvgIpc) is 2.18. The van der Waals surface area contributed by atoms with Crippen molar-refractivity contribution in [3.8, 4) is 5.75 Å². The van der Waals surface area contributed by atoms with Crippen LogP contribution in [-0.4, -0.2) is 22.0 Å². The zero-order valence-electron chi connectivity index (χ0n) is 7.79. The van der Waals surface area contributed by atoms with Gasteiger partial charge in [0.15, 0.2) is 0 Å². The van der Waals surface area contributed by atoms with Gasteiger partial charge in [-0.3, -0.25) is 0 Å². The Labute approximate surface area is 101 Å². The van der Waals surface area contributed by atoms with Gasteiger partial charge in [0.25, 0.3) is 0 Å². The molecule has 0 saturated heterocycles. The Balaban J connectivity index is 2.57. The fourth-order valence-corrected chi connectivity index (χ4v) is 1.81. The minimum atomic E-state index is 0.0830. The van der Waals surface area contributed by atoms with Gasteiger partial charge in [0.2, 0.25) is 0 Å². The Kier molecular flexibility index (Phi) is 5.50. The Hall–Kier alpha value is -0.0731. The first-order valence-corrected chi connectivity index (χ1v) is 6.23. The van der Waals surface area contributed by atoms with Crippen LogP contribution in [0.3, 0.4) is 0 Å². The van der Waals surface area contributed by atoms with Crippen LogP contribution in [0.25, 0.3) is 0 Å². The maximum absolute atomic E-state index is 8.97. The molecule has 0 spiro atoms. The number of aliphatic hydroxyl groups is 1. The summed E-state index contributed by atoms with van der Waals surface area (Å²) in [4.78, 5) is 0. The van der Waals surface area contributed by atoms with Gasteiger partial charge in [0, 0.05) is 13.8 Å². The third-order valence-corrected chi connectivity index (χ3v) is 3.14. The molecule has 1 N–H and O–H groups in total. The maximum atomic E-state index is 8.97. The van der Waals surface area contributed by atoms with E-state index in [4.69, 9.17) is 9.84 Å². The number of halogens is 1. The van der Waals surface area contributed by atoms with Crippen molar-refractivity contribution < 1.29 is 9.84 Å². The fraction of sp³-hybridized carbons (Fsp3) is 0.400. The molecule has 0 fully saturated rings. The molecule has 0 heterocycles. The molecule has 0 amide bonds. The van der Waals surface area contributed by atoms with Crippen molar-refractivity contribution in [1.82, 2.24) is 0 Å². The summed E-state index contributed by atoms with van der Waals surface area (Å²) in [5.41, 5.74) is 0.943. The van der Waals surface area contributed by atoms with Crippen LogP contribution in [0.15, 0.2) is 18.2 Å². The molecule has 0 unspecified atom stereocenters. The third kappa shape index (κ3) is 3.59. The lowest BCUT2D eigenvalue weighted by Gasteiger charge is -2.07. The molecule has 1 rings (SSSR count). The Bertz CT molecular complexity index is 291. The minimum Gasteiger partial charge on any atom is -0.494 e. The number of hydrogen-bond donors (Lipinski definition) is 1. The standard InChI is InChI=1S/C10H12IO2Si/c11-10-6-9(13-4-1-5-14)3-2-8(10)7-12/h2-3,6,12H,1,4-5,7H2.